The molecule has 0 aliphatic rings. The zero-order valence-electron chi connectivity index (χ0n) is 15.6. The van der Waals surface area contributed by atoms with Gasteiger partial charge >= 0.3 is 0 Å². The highest BCUT2D eigenvalue weighted by molar-refractivity contribution is 7.92. The number of nitrogens with zero attached hydrogens (tertiary/aromatic N) is 1. The molecule has 0 bridgehead atoms. The lowest BCUT2D eigenvalue weighted by molar-refractivity contribution is -0.861. The van der Waals surface area contributed by atoms with E-state index in [0.29, 0.717) is 18.0 Å². The van der Waals surface area contributed by atoms with E-state index in [1.54, 1.807) is 55.6 Å². The summed E-state index contributed by atoms with van der Waals surface area (Å²) in [7, 11) is 1.58. The van der Waals surface area contributed by atoms with E-state index in [9.17, 15) is 13.5 Å². The summed E-state index contributed by atoms with van der Waals surface area (Å²) in [5, 5.41) is 10.4. The van der Waals surface area contributed by atoms with E-state index < -0.39 is 16.1 Å². The first-order valence-corrected chi connectivity index (χ1v) is 9.88. The molecule has 1 atom stereocenters. The number of hydrogen-bond donors (Lipinski definition) is 2. The Morgan fingerprint density at radius 3 is 2.15 bits per heavy atom. The molecule has 0 aromatic heterocycles. The predicted octanol–water partition coefficient (Wildman–Crippen LogP) is 0.704. The van der Waals surface area contributed by atoms with Crippen LogP contribution in [-0.4, -0.2) is 53.9 Å². The van der Waals surface area contributed by atoms with Crippen LogP contribution in [0.1, 0.15) is 5.56 Å². The SMILES string of the molecule is COc1ccc(N(C[C@@H](O)C[NH+](C)C)S(=O)(=O)c2ccc(C)cc2)cc1. The Bertz CT molecular complexity index is 802. The number of rotatable bonds is 8. The van der Waals surface area contributed by atoms with Crippen LogP contribution in [0.15, 0.2) is 53.4 Å². The molecule has 0 saturated carbocycles. The summed E-state index contributed by atoms with van der Waals surface area (Å²) in [6.07, 6.45) is -0.790. The summed E-state index contributed by atoms with van der Waals surface area (Å²) < 4.78 is 32.8. The quantitative estimate of drug-likeness (QED) is 0.709. The van der Waals surface area contributed by atoms with Gasteiger partial charge in [-0.15, -0.1) is 0 Å². The molecule has 0 aliphatic heterocycles. The molecule has 2 rings (SSSR count). The Morgan fingerprint density at radius 1 is 1.08 bits per heavy atom. The first kappa shape index (κ1) is 20.2. The number of aryl methyl sites for hydroxylation is 1. The third-order valence-electron chi connectivity index (χ3n) is 3.99. The number of sulfonamides is 1. The molecule has 26 heavy (non-hydrogen) atoms. The zero-order valence-corrected chi connectivity index (χ0v) is 16.5. The van der Waals surface area contributed by atoms with Crippen molar-refractivity contribution in [2.75, 3.05) is 38.6 Å². The molecular formula is C19H27N2O4S+. The Labute approximate surface area is 155 Å². The number of aliphatic hydroxyl groups excluding tert-OH is 1. The van der Waals surface area contributed by atoms with Crippen molar-refractivity contribution in [1.29, 1.82) is 0 Å². The Hall–Kier alpha value is -2.09. The average Bonchev–Trinajstić information content (AvgIpc) is 2.59. The molecule has 2 N–H and O–H groups in total. The van der Waals surface area contributed by atoms with Crippen molar-refractivity contribution >= 4 is 15.7 Å². The predicted molar refractivity (Wildman–Crippen MR) is 102 cm³/mol. The van der Waals surface area contributed by atoms with Crippen molar-refractivity contribution in [3.63, 3.8) is 0 Å². The van der Waals surface area contributed by atoms with Gasteiger partial charge in [0.1, 0.15) is 18.4 Å². The maximum Gasteiger partial charge on any atom is 0.264 e. The van der Waals surface area contributed by atoms with Gasteiger partial charge in [-0.25, -0.2) is 8.42 Å². The standard InChI is InChI=1S/C19H26N2O4S/c1-15-5-11-19(12-6-15)26(23,24)21(14-17(22)13-20(2)3)16-7-9-18(25-4)10-8-16/h5-12,17,22H,13-14H2,1-4H3/p+1/t17-/m0/s1. The van der Waals surface area contributed by atoms with Gasteiger partial charge in [-0.2, -0.15) is 0 Å². The van der Waals surface area contributed by atoms with E-state index in [1.165, 1.54) is 4.31 Å². The number of quaternary nitrogens is 1. The number of methoxy groups -OCH3 is 1. The third kappa shape index (κ3) is 4.97. The molecule has 0 fully saturated rings. The van der Waals surface area contributed by atoms with E-state index in [2.05, 4.69) is 0 Å². The van der Waals surface area contributed by atoms with Gasteiger partial charge in [0.05, 0.1) is 38.3 Å². The summed E-state index contributed by atoms with van der Waals surface area (Å²) in [5.74, 6) is 0.639. The summed E-state index contributed by atoms with van der Waals surface area (Å²) in [4.78, 5) is 1.24. The Balaban J connectivity index is 2.42. The van der Waals surface area contributed by atoms with Gasteiger partial charge in [-0.05, 0) is 43.3 Å². The van der Waals surface area contributed by atoms with Crippen LogP contribution in [-0.2, 0) is 10.0 Å². The number of ether oxygens (including phenoxy) is 1. The summed E-state index contributed by atoms with van der Waals surface area (Å²) in [6.45, 7) is 2.32. The topological polar surface area (TPSA) is 71.3 Å². The lowest BCUT2D eigenvalue weighted by Gasteiger charge is -2.27. The first-order valence-electron chi connectivity index (χ1n) is 8.44. The summed E-state index contributed by atoms with van der Waals surface area (Å²) in [5.41, 5.74) is 1.47. The number of benzene rings is 2. The highest BCUT2D eigenvalue weighted by Gasteiger charge is 2.28. The lowest BCUT2D eigenvalue weighted by atomic mass is 10.2. The van der Waals surface area contributed by atoms with Crippen molar-refractivity contribution in [2.24, 2.45) is 0 Å². The molecule has 6 nitrogen and oxygen atoms in total. The van der Waals surface area contributed by atoms with Crippen LogP contribution in [0.3, 0.4) is 0 Å². The van der Waals surface area contributed by atoms with E-state index >= 15 is 0 Å². The van der Waals surface area contributed by atoms with Crippen LogP contribution in [0.5, 0.6) is 5.75 Å². The van der Waals surface area contributed by atoms with Crippen molar-refractivity contribution < 1.29 is 23.2 Å². The Kier molecular flexibility index (Phi) is 6.63. The molecule has 0 aliphatic carbocycles. The largest absolute Gasteiger partial charge is 0.497 e. The first-order chi connectivity index (χ1) is 12.2. The fourth-order valence-electron chi connectivity index (χ4n) is 2.66. The molecule has 0 spiro atoms. The van der Waals surface area contributed by atoms with Crippen molar-refractivity contribution in [1.82, 2.24) is 0 Å². The second-order valence-electron chi connectivity index (χ2n) is 6.61. The van der Waals surface area contributed by atoms with Crippen LogP contribution in [0.4, 0.5) is 5.69 Å². The summed E-state index contributed by atoms with van der Waals surface area (Å²) >= 11 is 0. The maximum absolute atomic E-state index is 13.2. The maximum atomic E-state index is 13.2. The average molecular weight is 380 g/mol. The molecule has 7 heteroatoms. The van der Waals surface area contributed by atoms with Gasteiger partial charge in [0, 0.05) is 0 Å². The minimum Gasteiger partial charge on any atom is -0.497 e. The molecular weight excluding hydrogens is 352 g/mol. The van der Waals surface area contributed by atoms with Gasteiger partial charge in [0.15, 0.2) is 0 Å². The molecule has 142 valence electrons. The molecule has 0 heterocycles. The molecule has 0 unspecified atom stereocenters. The molecule has 0 amide bonds. The van der Waals surface area contributed by atoms with E-state index in [4.69, 9.17) is 4.74 Å². The molecule has 2 aromatic rings. The number of nitrogens with one attached hydrogen (secondary N) is 1. The van der Waals surface area contributed by atoms with Crippen molar-refractivity contribution in [3.8, 4) is 5.75 Å². The van der Waals surface area contributed by atoms with Gasteiger partial charge < -0.3 is 14.7 Å². The lowest BCUT2D eigenvalue weighted by Crippen LogP contribution is -3.07. The van der Waals surface area contributed by atoms with Gasteiger partial charge in [0.2, 0.25) is 0 Å². The van der Waals surface area contributed by atoms with Crippen LogP contribution >= 0.6 is 0 Å². The number of anilines is 1. The highest BCUT2D eigenvalue weighted by Crippen LogP contribution is 2.26. The van der Waals surface area contributed by atoms with Crippen LogP contribution in [0.25, 0.3) is 0 Å². The van der Waals surface area contributed by atoms with Crippen LogP contribution < -0.4 is 13.9 Å². The molecule has 0 radical (unpaired) electrons. The van der Waals surface area contributed by atoms with Crippen molar-refractivity contribution in [2.45, 2.75) is 17.9 Å². The highest BCUT2D eigenvalue weighted by atomic mass is 32.2. The number of hydrogen-bond acceptors (Lipinski definition) is 4. The van der Waals surface area contributed by atoms with Gasteiger partial charge in [-0.3, -0.25) is 4.31 Å². The third-order valence-corrected chi connectivity index (χ3v) is 5.80. The van der Waals surface area contributed by atoms with E-state index in [1.807, 2.05) is 21.0 Å². The summed E-state index contributed by atoms with van der Waals surface area (Å²) in [6, 6.07) is 13.5. The fraction of sp³-hybridized carbons (Fsp3) is 0.368. The second kappa shape index (κ2) is 8.53. The smallest absolute Gasteiger partial charge is 0.264 e. The van der Waals surface area contributed by atoms with Gasteiger partial charge in [0.25, 0.3) is 10.0 Å². The van der Waals surface area contributed by atoms with Gasteiger partial charge in [-0.1, -0.05) is 17.7 Å². The number of aliphatic hydroxyl groups is 1. The fourth-order valence-corrected chi connectivity index (χ4v) is 4.16. The monoisotopic (exact) mass is 379 g/mol. The normalized spacial score (nSPS) is 12.8. The zero-order chi connectivity index (χ0) is 19.3. The minimum atomic E-state index is -3.80. The second-order valence-corrected chi connectivity index (χ2v) is 8.47. The Morgan fingerprint density at radius 2 is 1.65 bits per heavy atom. The van der Waals surface area contributed by atoms with Crippen LogP contribution in [0, 0.1) is 6.92 Å². The molecule has 0 saturated heterocycles. The minimum absolute atomic E-state index is 0.0201. The molecule has 2 aromatic carbocycles. The van der Waals surface area contributed by atoms with E-state index in [0.717, 1.165) is 10.5 Å². The number of likely N-dealkylation sites (N-methyl/N-ethyl adjacent to an activating group) is 1. The van der Waals surface area contributed by atoms with E-state index in [-0.39, 0.29) is 11.4 Å². The van der Waals surface area contributed by atoms with Crippen LogP contribution in [0.2, 0.25) is 0 Å². The van der Waals surface area contributed by atoms with Crippen molar-refractivity contribution in [3.05, 3.63) is 54.1 Å².